The summed E-state index contributed by atoms with van der Waals surface area (Å²) < 4.78 is 15.5. The van der Waals surface area contributed by atoms with Crippen LogP contribution >= 0.6 is 0 Å². The van der Waals surface area contributed by atoms with Crippen LogP contribution in [0.15, 0.2) is 51.8 Å². The fourth-order valence-electron chi connectivity index (χ4n) is 2.48. The third-order valence-electron chi connectivity index (χ3n) is 3.84. The normalized spacial score (nSPS) is 12.5. The summed E-state index contributed by atoms with van der Waals surface area (Å²) in [5.41, 5.74) is 1.75. The monoisotopic (exact) mass is 329 g/mol. The molecule has 1 aromatic carbocycles. The number of rotatable bonds is 7. The van der Waals surface area contributed by atoms with E-state index in [0.717, 1.165) is 16.9 Å². The molecule has 1 unspecified atom stereocenters. The van der Waals surface area contributed by atoms with Gasteiger partial charge in [-0.15, -0.1) is 0 Å². The third kappa shape index (κ3) is 3.47. The predicted molar refractivity (Wildman–Crippen MR) is 86.3 cm³/mol. The van der Waals surface area contributed by atoms with E-state index in [1.807, 2.05) is 36.2 Å². The maximum absolute atomic E-state index is 9.76. The van der Waals surface area contributed by atoms with Crippen molar-refractivity contribution in [2.45, 2.75) is 12.6 Å². The highest BCUT2D eigenvalue weighted by atomic mass is 16.5. The smallest absolute Gasteiger partial charge is 0.241 e. The van der Waals surface area contributed by atoms with Crippen LogP contribution in [0.5, 0.6) is 5.75 Å². The Balaban J connectivity index is 1.71. The first kappa shape index (κ1) is 16.2. The van der Waals surface area contributed by atoms with Crippen molar-refractivity contribution in [2.24, 2.45) is 0 Å². The van der Waals surface area contributed by atoms with Crippen LogP contribution in [0.1, 0.15) is 17.5 Å². The van der Waals surface area contributed by atoms with E-state index >= 15 is 0 Å². The molecule has 2 aromatic heterocycles. The van der Waals surface area contributed by atoms with Gasteiger partial charge in [-0.2, -0.15) is 4.98 Å². The first-order chi connectivity index (χ1) is 11.7. The van der Waals surface area contributed by atoms with Gasteiger partial charge in [0, 0.05) is 0 Å². The number of hydrogen-bond acceptors (Lipinski definition) is 7. The van der Waals surface area contributed by atoms with E-state index < -0.39 is 0 Å². The molecule has 1 atom stereocenters. The molecule has 0 fully saturated rings. The van der Waals surface area contributed by atoms with Gasteiger partial charge in [0.25, 0.3) is 0 Å². The Morgan fingerprint density at radius 2 is 2.04 bits per heavy atom. The van der Waals surface area contributed by atoms with Crippen molar-refractivity contribution in [3.05, 3.63) is 54.3 Å². The first-order valence-electron chi connectivity index (χ1n) is 7.51. The summed E-state index contributed by atoms with van der Waals surface area (Å²) >= 11 is 0. The molecule has 7 heteroatoms. The Hall–Kier alpha value is -2.64. The van der Waals surface area contributed by atoms with Crippen LogP contribution in [-0.4, -0.2) is 40.9 Å². The molecule has 0 bridgehead atoms. The van der Waals surface area contributed by atoms with Crippen LogP contribution < -0.4 is 4.74 Å². The molecule has 0 aliphatic heterocycles. The van der Waals surface area contributed by atoms with Gasteiger partial charge in [0.15, 0.2) is 0 Å². The highest BCUT2D eigenvalue weighted by Gasteiger charge is 2.19. The van der Waals surface area contributed by atoms with Gasteiger partial charge >= 0.3 is 0 Å². The van der Waals surface area contributed by atoms with Gasteiger partial charge in [0.05, 0.1) is 38.1 Å². The third-order valence-corrected chi connectivity index (χ3v) is 3.84. The van der Waals surface area contributed by atoms with Crippen molar-refractivity contribution >= 4 is 0 Å². The molecule has 0 saturated heterocycles. The summed E-state index contributed by atoms with van der Waals surface area (Å²) in [6.45, 7) is 0.396. The maximum Gasteiger partial charge on any atom is 0.241 e. The summed E-state index contributed by atoms with van der Waals surface area (Å²) in [5, 5.41) is 13.7. The molecule has 0 aliphatic carbocycles. The number of furan rings is 1. The zero-order valence-electron chi connectivity index (χ0n) is 13.5. The number of methoxy groups -OCH3 is 1. The van der Waals surface area contributed by atoms with Crippen LogP contribution in [0.4, 0.5) is 0 Å². The molecule has 126 valence electrons. The van der Waals surface area contributed by atoms with E-state index in [1.54, 1.807) is 25.7 Å². The molecule has 0 aliphatic rings. The standard InChI is InChI=1S/C17H19N3O4/c1-20(15(10-21)12-3-5-14(22-2)6-4-12)9-16-18-17(19-24-16)13-7-8-23-11-13/h3-8,11,15,21H,9-10H2,1-2H3. The van der Waals surface area contributed by atoms with Crippen LogP contribution in [0.2, 0.25) is 0 Å². The Labute approximate surface area is 139 Å². The van der Waals surface area contributed by atoms with Crippen LogP contribution in [0.3, 0.4) is 0 Å². The summed E-state index contributed by atoms with van der Waals surface area (Å²) in [6.07, 6.45) is 3.12. The molecule has 24 heavy (non-hydrogen) atoms. The molecular weight excluding hydrogens is 310 g/mol. The molecule has 3 rings (SSSR count). The topological polar surface area (TPSA) is 84.8 Å². The van der Waals surface area contributed by atoms with E-state index in [-0.39, 0.29) is 12.6 Å². The second-order valence-electron chi connectivity index (χ2n) is 5.41. The second-order valence-corrected chi connectivity index (χ2v) is 5.41. The fraction of sp³-hybridized carbons (Fsp3) is 0.294. The SMILES string of the molecule is COc1ccc(C(CO)N(C)Cc2nc(-c3ccoc3)no2)cc1. The molecule has 0 amide bonds. The quantitative estimate of drug-likeness (QED) is 0.713. The minimum Gasteiger partial charge on any atom is -0.497 e. The van der Waals surface area contributed by atoms with Gasteiger partial charge in [-0.3, -0.25) is 4.90 Å². The molecule has 0 radical (unpaired) electrons. The van der Waals surface area contributed by atoms with Gasteiger partial charge in [0.1, 0.15) is 12.0 Å². The zero-order chi connectivity index (χ0) is 16.9. The van der Waals surface area contributed by atoms with Gasteiger partial charge in [0.2, 0.25) is 11.7 Å². The van der Waals surface area contributed by atoms with Crippen molar-refractivity contribution in [3.63, 3.8) is 0 Å². The molecule has 7 nitrogen and oxygen atoms in total. The summed E-state index contributed by atoms with van der Waals surface area (Å²) in [4.78, 5) is 6.30. The Morgan fingerprint density at radius 1 is 1.25 bits per heavy atom. The molecule has 2 heterocycles. The summed E-state index contributed by atoms with van der Waals surface area (Å²) in [6, 6.07) is 9.19. The number of nitrogens with zero attached hydrogens (tertiary/aromatic N) is 3. The first-order valence-corrected chi connectivity index (χ1v) is 7.51. The number of likely N-dealkylation sites (N-methyl/N-ethyl adjacent to an activating group) is 1. The lowest BCUT2D eigenvalue weighted by molar-refractivity contribution is 0.131. The lowest BCUT2D eigenvalue weighted by Gasteiger charge is -2.25. The number of hydrogen-bond donors (Lipinski definition) is 1. The average Bonchev–Trinajstić information content (AvgIpc) is 3.27. The number of aliphatic hydroxyl groups excluding tert-OH is 1. The van der Waals surface area contributed by atoms with Crippen molar-refractivity contribution in [1.82, 2.24) is 15.0 Å². The lowest BCUT2D eigenvalue weighted by atomic mass is 10.1. The lowest BCUT2D eigenvalue weighted by Crippen LogP contribution is -2.27. The number of aliphatic hydroxyl groups is 1. The van der Waals surface area contributed by atoms with E-state index in [1.165, 1.54) is 0 Å². The molecule has 0 spiro atoms. The van der Waals surface area contributed by atoms with Gasteiger partial charge in [-0.25, -0.2) is 0 Å². The Kier molecular flexibility index (Phi) is 4.93. The largest absolute Gasteiger partial charge is 0.497 e. The minimum absolute atomic E-state index is 0.0223. The van der Waals surface area contributed by atoms with Gasteiger partial charge in [-0.1, -0.05) is 17.3 Å². The van der Waals surface area contributed by atoms with Crippen molar-refractivity contribution in [1.29, 1.82) is 0 Å². The Bertz CT molecular complexity index is 753. The zero-order valence-corrected chi connectivity index (χ0v) is 13.5. The molecule has 0 saturated carbocycles. The van der Waals surface area contributed by atoms with Gasteiger partial charge < -0.3 is 18.8 Å². The fourth-order valence-corrected chi connectivity index (χ4v) is 2.48. The number of ether oxygens (including phenoxy) is 1. The second kappa shape index (κ2) is 7.29. The van der Waals surface area contributed by atoms with Crippen molar-refractivity contribution in [3.8, 4) is 17.1 Å². The number of aromatic nitrogens is 2. The Morgan fingerprint density at radius 3 is 2.67 bits per heavy atom. The highest BCUT2D eigenvalue weighted by Crippen LogP contribution is 2.23. The van der Waals surface area contributed by atoms with Crippen LogP contribution in [-0.2, 0) is 6.54 Å². The van der Waals surface area contributed by atoms with E-state index in [0.29, 0.717) is 18.3 Å². The molecular formula is C17H19N3O4. The van der Waals surface area contributed by atoms with Crippen molar-refractivity contribution < 1.29 is 18.8 Å². The summed E-state index contributed by atoms with van der Waals surface area (Å²) in [5.74, 6) is 1.73. The van der Waals surface area contributed by atoms with E-state index in [4.69, 9.17) is 13.7 Å². The predicted octanol–water partition coefficient (Wildman–Crippen LogP) is 2.50. The van der Waals surface area contributed by atoms with E-state index in [9.17, 15) is 5.11 Å². The highest BCUT2D eigenvalue weighted by molar-refractivity contribution is 5.51. The van der Waals surface area contributed by atoms with Crippen LogP contribution in [0, 0.1) is 0 Å². The van der Waals surface area contributed by atoms with Crippen molar-refractivity contribution in [2.75, 3.05) is 20.8 Å². The average molecular weight is 329 g/mol. The van der Waals surface area contributed by atoms with Gasteiger partial charge in [-0.05, 0) is 30.8 Å². The van der Waals surface area contributed by atoms with Crippen LogP contribution in [0.25, 0.3) is 11.4 Å². The van der Waals surface area contributed by atoms with E-state index in [2.05, 4.69) is 10.1 Å². The molecule has 1 N–H and O–H groups in total. The number of benzene rings is 1. The molecule has 3 aromatic rings. The summed E-state index contributed by atoms with van der Waals surface area (Å²) in [7, 11) is 3.52. The minimum atomic E-state index is -0.180. The maximum atomic E-state index is 9.76.